The second-order valence-corrected chi connectivity index (χ2v) is 6.65. The fraction of sp³-hybridized carbons (Fsp3) is 0.211. The Morgan fingerprint density at radius 3 is 2.17 bits per heavy atom. The summed E-state index contributed by atoms with van der Waals surface area (Å²) in [6.45, 7) is 2.06. The van der Waals surface area contributed by atoms with Crippen LogP contribution in [0.4, 0.5) is 0 Å². The molecule has 0 aliphatic carbocycles. The molecular weight excluding hydrogens is 306 g/mol. The molecule has 1 aliphatic rings. The van der Waals surface area contributed by atoms with Gasteiger partial charge in [0.1, 0.15) is 6.04 Å². The van der Waals surface area contributed by atoms with Crippen molar-refractivity contribution < 1.29 is 9.90 Å². The van der Waals surface area contributed by atoms with E-state index in [1.807, 2.05) is 36.4 Å². The van der Waals surface area contributed by atoms with Crippen LogP contribution in [0.2, 0.25) is 0 Å². The normalized spacial score (nSPS) is 19.9. The lowest BCUT2D eigenvalue weighted by molar-refractivity contribution is -0.138. The number of rotatable bonds is 2. The second kappa shape index (κ2) is 6.91. The Morgan fingerprint density at radius 1 is 1.09 bits per heavy atom. The molecule has 0 spiro atoms. The minimum atomic E-state index is -0.791. The number of carbonyl (C=O) groups is 1. The van der Waals surface area contributed by atoms with Crippen LogP contribution in [-0.4, -0.2) is 22.9 Å². The molecule has 2 N–H and O–H groups in total. The molecule has 4 heteroatoms. The van der Waals surface area contributed by atoms with Crippen LogP contribution in [0.5, 0.6) is 0 Å². The van der Waals surface area contributed by atoms with E-state index in [1.54, 1.807) is 11.8 Å². The lowest BCUT2D eigenvalue weighted by atomic mass is 10.1. The van der Waals surface area contributed by atoms with Crippen LogP contribution in [0.3, 0.4) is 0 Å². The van der Waals surface area contributed by atoms with Gasteiger partial charge in [0.05, 0.1) is 5.37 Å². The van der Waals surface area contributed by atoms with Crippen LogP contribution >= 0.6 is 11.8 Å². The van der Waals surface area contributed by atoms with Crippen molar-refractivity contribution in [1.82, 2.24) is 5.32 Å². The van der Waals surface area contributed by atoms with E-state index in [9.17, 15) is 4.79 Å². The lowest BCUT2D eigenvalue weighted by Crippen LogP contribution is -2.33. The first-order valence-corrected chi connectivity index (χ1v) is 8.46. The molecule has 3 nitrogen and oxygen atoms in total. The molecule has 3 rings (SSSR count). The van der Waals surface area contributed by atoms with Gasteiger partial charge in [-0.1, -0.05) is 41.7 Å². The standard InChI is InChI=1S/C19H17NO2S/c1-13-2-4-14(5-3-13)6-7-15-8-10-16(11-9-15)18-20-17(12-23-18)19(21)22/h2-5,8-11,17-18,20H,12H2,1H3,(H,21,22)/t17-,18?/m0/s1. The molecule has 1 aliphatic heterocycles. The van der Waals surface area contributed by atoms with Gasteiger partial charge in [0, 0.05) is 16.9 Å². The van der Waals surface area contributed by atoms with Crippen molar-refractivity contribution in [3.05, 3.63) is 70.8 Å². The molecule has 1 saturated heterocycles. The van der Waals surface area contributed by atoms with Crippen LogP contribution < -0.4 is 5.32 Å². The number of nitrogens with one attached hydrogen (secondary N) is 1. The van der Waals surface area contributed by atoms with Crippen molar-refractivity contribution >= 4 is 17.7 Å². The molecule has 0 radical (unpaired) electrons. The van der Waals surface area contributed by atoms with E-state index in [-0.39, 0.29) is 5.37 Å². The van der Waals surface area contributed by atoms with Gasteiger partial charge in [-0.25, -0.2) is 0 Å². The van der Waals surface area contributed by atoms with Gasteiger partial charge in [0.15, 0.2) is 0 Å². The van der Waals surface area contributed by atoms with Gasteiger partial charge in [-0.15, -0.1) is 11.8 Å². The largest absolute Gasteiger partial charge is 0.480 e. The first-order chi connectivity index (χ1) is 11.1. The Balaban J connectivity index is 1.68. The summed E-state index contributed by atoms with van der Waals surface area (Å²) in [6.07, 6.45) is 0. The van der Waals surface area contributed by atoms with Gasteiger partial charge in [0.25, 0.3) is 0 Å². The fourth-order valence-electron chi connectivity index (χ4n) is 2.33. The molecule has 1 heterocycles. The van der Waals surface area contributed by atoms with E-state index in [2.05, 4.69) is 36.2 Å². The summed E-state index contributed by atoms with van der Waals surface area (Å²) in [4.78, 5) is 11.0. The van der Waals surface area contributed by atoms with Crippen LogP contribution in [0.25, 0.3) is 0 Å². The molecule has 1 fully saturated rings. The third-order valence-electron chi connectivity index (χ3n) is 3.70. The zero-order valence-corrected chi connectivity index (χ0v) is 13.6. The number of aryl methyl sites for hydroxylation is 1. The van der Waals surface area contributed by atoms with Gasteiger partial charge in [-0.05, 0) is 36.8 Å². The molecular formula is C19H17NO2S. The molecule has 0 aromatic heterocycles. The van der Waals surface area contributed by atoms with Crippen molar-refractivity contribution in [2.45, 2.75) is 18.3 Å². The highest BCUT2D eigenvalue weighted by atomic mass is 32.2. The quantitative estimate of drug-likeness (QED) is 0.834. The summed E-state index contributed by atoms with van der Waals surface area (Å²) in [7, 11) is 0. The van der Waals surface area contributed by atoms with Crippen LogP contribution in [0.15, 0.2) is 48.5 Å². The van der Waals surface area contributed by atoms with Gasteiger partial charge >= 0.3 is 5.97 Å². The molecule has 0 bridgehead atoms. The third-order valence-corrected chi connectivity index (χ3v) is 4.96. The molecule has 2 atom stereocenters. The average Bonchev–Trinajstić information content (AvgIpc) is 3.05. The second-order valence-electron chi connectivity index (χ2n) is 5.51. The number of aliphatic carboxylic acids is 1. The van der Waals surface area contributed by atoms with E-state index >= 15 is 0 Å². The Bertz CT molecular complexity index is 757. The maximum Gasteiger partial charge on any atom is 0.321 e. The zero-order chi connectivity index (χ0) is 16.2. The SMILES string of the molecule is Cc1ccc(C#Cc2ccc(C3N[C@H](C(=O)O)CS3)cc2)cc1. The summed E-state index contributed by atoms with van der Waals surface area (Å²) < 4.78 is 0. The summed E-state index contributed by atoms with van der Waals surface area (Å²) in [5.74, 6) is 6.11. The lowest BCUT2D eigenvalue weighted by Gasteiger charge is -2.11. The Morgan fingerprint density at radius 2 is 1.65 bits per heavy atom. The third kappa shape index (κ3) is 3.95. The molecule has 2 aromatic carbocycles. The van der Waals surface area contributed by atoms with Crippen molar-refractivity contribution in [1.29, 1.82) is 0 Å². The average molecular weight is 323 g/mol. The van der Waals surface area contributed by atoms with Crippen molar-refractivity contribution in [3.8, 4) is 11.8 Å². The predicted molar refractivity (Wildman–Crippen MR) is 93.4 cm³/mol. The Labute approximate surface area is 140 Å². The number of thioether (sulfide) groups is 1. The maximum absolute atomic E-state index is 11.0. The number of carboxylic acids is 1. The Hall–Kier alpha value is -2.22. The predicted octanol–water partition coefficient (Wildman–Crippen LogP) is 3.18. The molecule has 1 unspecified atom stereocenters. The highest BCUT2D eigenvalue weighted by Crippen LogP contribution is 2.32. The molecule has 0 saturated carbocycles. The topological polar surface area (TPSA) is 49.3 Å². The van der Waals surface area contributed by atoms with E-state index in [1.165, 1.54) is 5.56 Å². The maximum atomic E-state index is 11.0. The van der Waals surface area contributed by atoms with E-state index in [4.69, 9.17) is 5.11 Å². The summed E-state index contributed by atoms with van der Waals surface area (Å²) >= 11 is 1.62. The van der Waals surface area contributed by atoms with Gasteiger partial charge in [0.2, 0.25) is 0 Å². The molecule has 2 aromatic rings. The number of benzene rings is 2. The number of hydrogen-bond donors (Lipinski definition) is 2. The van der Waals surface area contributed by atoms with Gasteiger partial charge < -0.3 is 5.11 Å². The monoisotopic (exact) mass is 323 g/mol. The molecule has 23 heavy (non-hydrogen) atoms. The fourth-order valence-corrected chi connectivity index (χ4v) is 3.56. The molecule has 0 amide bonds. The smallest absolute Gasteiger partial charge is 0.321 e. The van der Waals surface area contributed by atoms with E-state index < -0.39 is 12.0 Å². The van der Waals surface area contributed by atoms with Crippen LogP contribution in [-0.2, 0) is 4.79 Å². The van der Waals surface area contributed by atoms with Crippen LogP contribution in [0.1, 0.15) is 27.6 Å². The van der Waals surface area contributed by atoms with Gasteiger partial charge in [-0.2, -0.15) is 0 Å². The summed E-state index contributed by atoms with van der Waals surface area (Å²) in [5, 5.41) is 12.2. The van der Waals surface area contributed by atoms with E-state index in [0.717, 1.165) is 16.7 Å². The first kappa shape index (κ1) is 15.7. The first-order valence-electron chi connectivity index (χ1n) is 7.41. The van der Waals surface area contributed by atoms with Crippen molar-refractivity contribution in [2.24, 2.45) is 0 Å². The Kier molecular flexibility index (Phi) is 4.71. The zero-order valence-electron chi connectivity index (χ0n) is 12.7. The highest BCUT2D eigenvalue weighted by molar-refractivity contribution is 7.99. The van der Waals surface area contributed by atoms with E-state index in [0.29, 0.717) is 5.75 Å². The van der Waals surface area contributed by atoms with Crippen molar-refractivity contribution in [3.63, 3.8) is 0 Å². The van der Waals surface area contributed by atoms with Crippen molar-refractivity contribution in [2.75, 3.05) is 5.75 Å². The minimum absolute atomic E-state index is 0.0372. The molecule has 116 valence electrons. The number of hydrogen-bond acceptors (Lipinski definition) is 3. The summed E-state index contributed by atoms with van der Waals surface area (Å²) in [5.41, 5.74) is 4.25. The minimum Gasteiger partial charge on any atom is -0.480 e. The van der Waals surface area contributed by atoms with Crippen LogP contribution in [0, 0.1) is 18.8 Å². The number of carboxylic acid groups (broad SMARTS) is 1. The summed E-state index contributed by atoms with van der Waals surface area (Å²) in [6, 6.07) is 15.6. The highest BCUT2D eigenvalue weighted by Gasteiger charge is 2.30. The van der Waals surface area contributed by atoms with Gasteiger partial charge in [-0.3, -0.25) is 10.1 Å².